The number of phenolic OH excluding ortho intramolecular Hbond substituents is 1. The van der Waals surface area contributed by atoms with Crippen molar-refractivity contribution >= 4 is 29.7 Å². The molecule has 3 amide bonds. The van der Waals surface area contributed by atoms with Gasteiger partial charge in [0.15, 0.2) is 0 Å². The highest BCUT2D eigenvalue weighted by atomic mass is 32.2. The average Bonchev–Trinajstić information content (AvgIpc) is 3.51. The van der Waals surface area contributed by atoms with Crippen molar-refractivity contribution < 1.29 is 24.2 Å². The molecule has 0 aliphatic heterocycles. The second-order valence-electron chi connectivity index (χ2n) is 10.7. The summed E-state index contributed by atoms with van der Waals surface area (Å²) in [7, 11) is 0. The van der Waals surface area contributed by atoms with Gasteiger partial charge in [-0.05, 0) is 90.5 Å². The van der Waals surface area contributed by atoms with Gasteiger partial charge in [0.25, 0.3) is 0 Å². The van der Waals surface area contributed by atoms with E-state index in [2.05, 4.69) is 10.6 Å². The highest BCUT2D eigenvalue weighted by Gasteiger charge is 2.44. The van der Waals surface area contributed by atoms with Crippen molar-refractivity contribution in [1.82, 2.24) is 15.5 Å². The lowest BCUT2D eigenvalue weighted by Crippen LogP contribution is -2.55. The quantitative estimate of drug-likeness (QED) is 0.480. The summed E-state index contributed by atoms with van der Waals surface area (Å²) in [4.78, 5) is 41.5. The van der Waals surface area contributed by atoms with Crippen molar-refractivity contribution in [2.75, 3.05) is 12.0 Å². The maximum atomic E-state index is 13.9. The molecule has 1 aromatic carbocycles. The van der Waals surface area contributed by atoms with E-state index in [1.165, 1.54) is 12.1 Å². The molecule has 9 heteroatoms. The van der Waals surface area contributed by atoms with Gasteiger partial charge in [0.05, 0.1) is 0 Å². The van der Waals surface area contributed by atoms with Gasteiger partial charge >= 0.3 is 6.09 Å². The first-order valence-electron chi connectivity index (χ1n) is 11.6. The summed E-state index contributed by atoms with van der Waals surface area (Å²) in [5.74, 6) is 0.110. The number of thioether (sulfide) groups is 1. The Morgan fingerprint density at radius 3 is 2.18 bits per heavy atom. The number of hydrogen-bond donors (Lipinski definition) is 3. The van der Waals surface area contributed by atoms with Crippen LogP contribution in [0.3, 0.4) is 0 Å². The number of aromatic hydroxyl groups is 1. The topological polar surface area (TPSA) is 108 Å². The Bertz CT molecular complexity index is 857. The van der Waals surface area contributed by atoms with E-state index in [-0.39, 0.29) is 23.6 Å². The van der Waals surface area contributed by atoms with Crippen LogP contribution in [0.2, 0.25) is 0 Å². The highest BCUT2D eigenvalue weighted by Crippen LogP contribution is 2.36. The Labute approximate surface area is 207 Å². The van der Waals surface area contributed by atoms with Crippen molar-refractivity contribution in [2.45, 2.75) is 90.1 Å². The highest BCUT2D eigenvalue weighted by molar-refractivity contribution is 7.98. The van der Waals surface area contributed by atoms with Crippen molar-refractivity contribution in [2.24, 2.45) is 0 Å². The van der Waals surface area contributed by atoms with Gasteiger partial charge in [-0.1, -0.05) is 12.1 Å². The third-order valence-corrected chi connectivity index (χ3v) is 5.67. The first-order chi connectivity index (χ1) is 15.7. The summed E-state index contributed by atoms with van der Waals surface area (Å²) in [6.07, 6.45) is 3.24. The molecule has 2 rings (SSSR count). The lowest BCUT2D eigenvalue weighted by atomic mass is 10.00. The lowest BCUT2D eigenvalue weighted by molar-refractivity contribution is -0.143. The van der Waals surface area contributed by atoms with Crippen LogP contribution in [0.1, 0.15) is 72.4 Å². The van der Waals surface area contributed by atoms with Crippen LogP contribution in [0.5, 0.6) is 5.75 Å². The fourth-order valence-corrected chi connectivity index (χ4v) is 4.00. The molecular weight excluding hydrogens is 454 g/mol. The van der Waals surface area contributed by atoms with Crippen LogP contribution in [-0.2, 0) is 14.3 Å². The lowest BCUT2D eigenvalue weighted by Gasteiger charge is -2.36. The van der Waals surface area contributed by atoms with Crippen LogP contribution in [0.4, 0.5) is 4.79 Å². The van der Waals surface area contributed by atoms with E-state index in [0.717, 1.165) is 12.8 Å². The van der Waals surface area contributed by atoms with Crippen molar-refractivity contribution in [3.8, 4) is 5.75 Å². The smallest absolute Gasteiger partial charge is 0.408 e. The largest absolute Gasteiger partial charge is 0.508 e. The van der Waals surface area contributed by atoms with Crippen LogP contribution < -0.4 is 10.6 Å². The first kappa shape index (κ1) is 27.8. The third-order valence-electron chi connectivity index (χ3n) is 5.03. The molecule has 0 saturated heterocycles. The van der Waals surface area contributed by atoms with E-state index in [9.17, 15) is 19.5 Å². The molecule has 0 bridgehead atoms. The fraction of sp³-hybridized carbons (Fsp3) is 0.640. The number of alkyl carbamates (subject to hydrolysis) is 1. The number of ether oxygens (including phenoxy) is 1. The monoisotopic (exact) mass is 493 g/mol. The van der Waals surface area contributed by atoms with Gasteiger partial charge in [0, 0.05) is 11.6 Å². The predicted octanol–water partition coefficient (Wildman–Crippen LogP) is 3.99. The van der Waals surface area contributed by atoms with Crippen LogP contribution in [-0.4, -0.2) is 63.1 Å². The average molecular weight is 494 g/mol. The summed E-state index contributed by atoms with van der Waals surface area (Å²) in [6, 6.07) is 4.50. The molecule has 2 atom stereocenters. The van der Waals surface area contributed by atoms with Crippen LogP contribution >= 0.6 is 11.8 Å². The maximum absolute atomic E-state index is 13.9. The van der Waals surface area contributed by atoms with Gasteiger partial charge in [-0.15, -0.1) is 0 Å². The summed E-state index contributed by atoms with van der Waals surface area (Å²) < 4.78 is 5.39. The summed E-state index contributed by atoms with van der Waals surface area (Å²) in [5, 5.41) is 15.5. The summed E-state index contributed by atoms with van der Waals surface area (Å²) >= 11 is 1.57. The molecule has 1 aliphatic carbocycles. The van der Waals surface area contributed by atoms with Crippen LogP contribution in [0, 0.1) is 0 Å². The molecule has 1 fully saturated rings. The van der Waals surface area contributed by atoms with E-state index < -0.39 is 29.3 Å². The number of carbonyl (C=O) groups is 3. The summed E-state index contributed by atoms with van der Waals surface area (Å²) in [5.41, 5.74) is -0.604. The number of nitrogens with zero attached hydrogens (tertiary/aromatic N) is 1. The van der Waals surface area contributed by atoms with Gasteiger partial charge in [-0.3, -0.25) is 9.59 Å². The normalized spacial score (nSPS) is 15.7. The van der Waals surface area contributed by atoms with Gasteiger partial charge in [-0.2, -0.15) is 11.8 Å². The number of phenols is 1. The number of rotatable bonds is 9. The standard InChI is InChI=1S/C25H39N3O5S/c1-24(2,3)27-21(30)20(16-8-12-18(29)13-9-16)28(17-10-11-17)22(31)19(14-15-34-7)26-23(32)33-25(4,5)6/h8-9,12-13,17,19-20,29H,10-11,14-15H2,1-7H3,(H,26,32)(H,27,30). The van der Waals surface area contributed by atoms with E-state index in [1.807, 2.05) is 27.0 Å². The second kappa shape index (κ2) is 11.3. The Hall–Kier alpha value is -2.42. The minimum atomic E-state index is -0.892. The number of benzene rings is 1. The molecule has 2 unspecified atom stereocenters. The molecule has 34 heavy (non-hydrogen) atoms. The molecule has 0 spiro atoms. The Kier molecular flexibility index (Phi) is 9.28. The van der Waals surface area contributed by atoms with E-state index in [0.29, 0.717) is 17.7 Å². The zero-order chi connectivity index (χ0) is 25.7. The number of nitrogens with one attached hydrogen (secondary N) is 2. The SMILES string of the molecule is CSCCC(NC(=O)OC(C)(C)C)C(=O)N(C1CC1)C(C(=O)NC(C)(C)C)c1ccc(O)cc1. The summed E-state index contributed by atoms with van der Waals surface area (Å²) in [6.45, 7) is 10.9. The van der Waals surface area contributed by atoms with Gasteiger partial charge < -0.3 is 25.4 Å². The molecule has 0 heterocycles. The Morgan fingerprint density at radius 2 is 1.71 bits per heavy atom. The second-order valence-corrected chi connectivity index (χ2v) is 11.7. The first-order valence-corrected chi connectivity index (χ1v) is 13.0. The molecule has 3 N–H and O–H groups in total. The molecule has 8 nitrogen and oxygen atoms in total. The van der Waals surface area contributed by atoms with Crippen molar-refractivity contribution in [3.05, 3.63) is 29.8 Å². The third kappa shape index (κ3) is 8.74. The Morgan fingerprint density at radius 1 is 1.12 bits per heavy atom. The Balaban J connectivity index is 2.42. The van der Waals surface area contributed by atoms with E-state index >= 15 is 0 Å². The van der Waals surface area contributed by atoms with E-state index in [4.69, 9.17) is 4.74 Å². The zero-order valence-electron chi connectivity index (χ0n) is 21.3. The molecule has 1 aliphatic rings. The van der Waals surface area contributed by atoms with Crippen molar-refractivity contribution in [1.29, 1.82) is 0 Å². The minimum Gasteiger partial charge on any atom is -0.508 e. The molecule has 0 aromatic heterocycles. The molecule has 1 aromatic rings. The van der Waals surface area contributed by atoms with E-state index in [1.54, 1.807) is 49.6 Å². The van der Waals surface area contributed by atoms with Crippen LogP contribution in [0.15, 0.2) is 24.3 Å². The minimum absolute atomic E-state index is 0.0764. The van der Waals surface area contributed by atoms with Gasteiger partial charge in [0.1, 0.15) is 23.4 Å². The zero-order valence-corrected chi connectivity index (χ0v) is 22.1. The number of amides is 3. The maximum Gasteiger partial charge on any atom is 0.408 e. The predicted molar refractivity (Wildman–Crippen MR) is 135 cm³/mol. The number of carbonyl (C=O) groups excluding carboxylic acids is 3. The van der Waals surface area contributed by atoms with Gasteiger partial charge in [0.2, 0.25) is 11.8 Å². The molecule has 0 radical (unpaired) electrons. The van der Waals surface area contributed by atoms with Crippen molar-refractivity contribution in [3.63, 3.8) is 0 Å². The molecule has 1 saturated carbocycles. The van der Waals surface area contributed by atoms with Crippen LogP contribution in [0.25, 0.3) is 0 Å². The fourth-order valence-electron chi connectivity index (χ4n) is 3.53. The molecular formula is C25H39N3O5S. The van der Waals surface area contributed by atoms with Gasteiger partial charge in [-0.25, -0.2) is 4.79 Å². The molecule has 190 valence electrons. The number of hydrogen-bond acceptors (Lipinski definition) is 6.